The SMILES string of the molecule is COC(=O)C(C)Sc1nc2c([nH]c3ccccc32)c(=O)n1-c1ccccc1. The van der Waals surface area contributed by atoms with Crippen molar-refractivity contribution in [1.29, 1.82) is 0 Å². The maximum atomic E-state index is 13.3. The van der Waals surface area contributed by atoms with Crippen LogP contribution >= 0.6 is 11.8 Å². The number of hydrogen-bond donors (Lipinski definition) is 1. The molecular formula is C20H17N3O3S. The molecule has 2 heterocycles. The van der Waals surface area contributed by atoms with Crippen molar-refractivity contribution >= 4 is 39.7 Å². The van der Waals surface area contributed by atoms with E-state index in [1.807, 2.05) is 54.6 Å². The molecule has 0 aliphatic carbocycles. The quantitative estimate of drug-likeness (QED) is 0.333. The summed E-state index contributed by atoms with van der Waals surface area (Å²) in [5.41, 5.74) is 2.37. The number of H-pyrrole nitrogens is 1. The summed E-state index contributed by atoms with van der Waals surface area (Å²) in [5.74, 6) is -0.368. The molecule has 136 valence electrons. The highest BCUT2D eigenvalue weighted by molar-refractivity contribution is 8.00. The Morgan fingerprint density at radius 3 is 2.59 bits per heavy atom. The summed E-state index contributed by atoms with van der Waals surface area (Å²) >= 11 is 1.20. The van der Waals surface area contributed by atoms with Gasteiger partial charge in [-0.2, -0.15) is 0 Å². The Bertz CT molecular complexity index is 1200. The molecule has 0 radical (unpaired) electrons. The Balaban J connectivity index is 2.01. The first-order valence-electron chi connectivity index (χ1n) is 8.43. The number of nitrogens with zero attached hydrogens (tertiary/aromatic N) is 2. The third-order valence-corrected chi connectivity index (χ3v) is 5.35. The summed E-state index contributed by atoms with van der Waals surface area (Å²) in [6, 6.07) is 16.9. The molecular weight excluding hydrogens is 362 g/mol. The zero-order valence-electron chi connectivity index (χ0n) is 14.8. The van der Waals surface area contributed by atoms with E-state index >= 15 is 0 Å². The van der Waals surface area contributed by atoms with E-state index < -0.39 is 5.25 Å². The third kappa shape index (κ3) is 3.00. The number of para-hydroxylation sites is 2. The van der Waals surface area contributed by atoms with E-state index in [1.54, 1.807) is 6.92 Å². The monoisotopic (exact) mass is 379 g/mol. The number of carbonyl (C=O) groups excluding carboxylic acids is 1. The van der Waals surface area contributed by atoms with Crippen LogP contribution < -0.4 is 5.56 Å². The number of benzene rings is 2. The maximum Gasteiger partial charge on any atom is 0.318 e. The second-order valence-electron chi connectivity index (χ2n) is 6.05. The molecule has 0 saturated carbocycles. The van der Waals surface area contributed by atoms with Gasteiger partial charge in [0.1, 0.15) is 16.3 Å². The number of thioether (sulfide) groups is 1. The van der Waals surface area contributed by atoms with Crippen molar-refractivity contribution < 1.29 is 9.53 Å². The van der Waals surface area contributed by atoms with Crippen molar-refractivity contribution in [3.63, 3.8) is 0 Å². The molecule has 0 fully saturated rings. The molecule has 0 aliphatic rings. The lowest BCUT2D eigenvalue weighted by Crippen LogP contribution is -2.24. The molecule has 0 saturated heterocycles. The van der Waals surface area contributed by atoms with Gasteiger partial charge in [0, 0.05) is 10.9 Å². The Hall–Kier alpha value is -3.06. The maximum absolute atomic E-state index is 13.3. The van der Waals surface area contributed by atoms with Crippen molar-refractivity contribution in [1.82, 2.24) is 14.5 Å². The zero-order valence-corrected chi connectivity index (χ0v) is 15.6. The van der Waals surface area contributed by atoms with Crippen LogP contribution in [-0.2, 0) is 9.53 Å². The summed E-state index contributed by atoms with van der Waals surface area (Å²) in [4.78, 5) is 33.1. The van der Waals surface area contributed by atoms with Crippen LogP contribution in [0.1, 0.15) is 6.92 Å². The van der Waals surface area contributed by atoms with E-state index in [9.17, 15) is 9.59 Å². The van der Waals surface area contributed by atoms with Gasteiger partial charge in [-0.3, -0.25) is 14.2 Å². The number of hydrogen-bond acceptors (Lipinski definition) is 5. The first-order chi connectivity index (χ1) is 13.1. The van der Waals surface area contributed by atoms with Gasteiger partial charge in [-0.1, -0.05) is 48.2 Å². The number of aromatic nitrogens is 3. The minimum atomic E-state index is -0.500. The van der Waals surface area contributed by atoms with Crippen LogP contribution in [0.5, 0.6) is 0 Å². The minimum Gasteiger partial charge on any atom is -0.468 e. The summed E-state index contributed by atoms with van der Waals surface area (Å²) < 4.78 is 6.35. The Morgan fingerprint density at radius 1 is 1.15 bits per heavy atom. The average Bonchev–Trinajstić information content (AvgIpc) is 3.07. The molecule has 2 aromatic heterocycles. The van der Waals surface area contributed by atoms with Gasteiger partial charge in [0.2, 0.25) is 0 Å². The highest BCUT2D eigenvalue weighted by Gasteiger charge is 2.22. The Labute approximate surface area is 159 Å². The lowest BCUT2D eigenvalue weighted by molar-refractivity contribution is -0.139. The molecule has 4 rings (SSSR count). The summed E-state index contributed by atoms with van der Waals surface area (Å²) in [5, 5.41) is 0.818. The molecule has 0 aliphatic heterocycles. The van der Waals surface area contributed by atoms with Gasteiger partial charge in [-0.15, -0.1) is 0 Å². The van der Waals surface area contributed by atoms with Crippen LogP contribution in [0.15, 0.2) is 64.5 Å². The van der Waals surface area contributed by atoms with Gasteiger partial charge in [0.25, 0.3) is 5.56 Å². The molecule has 1 N–H and O–H groups in total. The van der Waals surface area contributed by atoms with Crippen molar-refractivity contribution in [2.75, 3.05) is 7.11 Å². The van der Waals surface area contributed by atoms with Crippen molar-refractivity contribution in [2.45, 2.75) is 17.3 Å². The van der Waals surface area contributed by atoms with Gasteiger partial charge in [-0.25, -0.2) is 4.98 Å². The summed E-state index contributed by atoms with van der Waals surface area (Å²) in [7, 11) is 1.35. The first kappa shape index (κ1) is 17.4. The molecule has 7 heteroatoms. The summed E-state index contributed by atoms with van der Waals surface area (Å²) in [6.07, 6.45) is 0. The number of carbonyl (C=O) groups is 1. The van der Waals surface area contributed by atoms with Crippen molar-refractivity contribution in [2.24, 2.45) is 0 Å². The molecule has 6 nitrogen and oxygen atoms in total. The molecule has 1 unspecified atom stereocenters. The van der Waals surface area contributed by atoms with E-state index in [-0.39, 0.29) is 11.5 Å². The van der Waals surface area contributed by atoms with Gasteiger partial charge in [0.15, 0.2) is 5.16 Å². The van der Waals surface area contributed by atoms with Crippen molar-refractivity contribution in [3.05, 3.63) is 65.0 Å². The molecule has 1 atom stereocenters. The lowest BCUT2D eigenvalue weighted by Gasteiger charge is -2.14. The number of fused-ring (bicyclic) bond motifs is 3. The van der Waals surface area contributed by atoms with E-state index in [0.29, 0.717) is 21.9 Å². The smallest absolute Gasteiger partial charge is 0.318 e. The second kappa shape index (κ2) is 6.92. The zero-order chi connectivity index (χ0) is 19.0. The molecule has 27 heavy (non-hydrogen) atoms. The fourth-order valence-corrected chi connectivity index (χ4v) is 3.94. The van der Waals surface area contributed by atoms with Gasteiger partial charge >= 0.3 is 5.97 Å². The van der Waals surface area contributed by atoms with E-state index in [1.165, 1.54) is 23.4 Å². The fourth-order valence-electron chi connectivity index (χ4n) is 3.00. The van der Waals surface area contributed by atoms with E-state index in [2.05, 4.69) is 4.98 Å². The molecule has 4 aromatic rings. The highest BCUT2D eigenvalue weighted by Crippen LogP contribution is 2.28. The van der Waals surface area contributed by atoms with Crippen LogP contribution in [0.3, 0.4) is 0 Å². The lowest BCUT2D eigenvalue weighted by atomic mass is 10.2. The number of rotatable bonds is 4. The molecule has 0 spiro atoms. The molecule has 0 bridgehead atoms. The largest absolute Gasteiger partial charge is 0.468 e. The topological polar surface area (TPSA) is 77.0 Å². The second-order valence-corrected chi connectivity index (χ2v) is 7.36. The van der Waals surface area contributed by atoms with E-state index in [0.717, 1.165) is 10.9 Å². The van der Waals surface area contributed by atoms with Crippen LogP contribution in [0.2, 0.25) is 0 Å². The minimum absolute atomic E-state index is 0.207. The van der Waals surface area contributed by atoms with Gasteiger partial charge < -0.3 is 9.72 Å². The molecule has 0 amide bonds. The van der Waals surface area contributed by atoms with Crippen LogP contribution in [0, 0.1) is 0 Å². The third-order valence-electron chi connectivity index (χ3n) is 4.32. The average molecular weight is 379 g/mol. The standard InChI is InChI=1S/C20H17N3O3S/c1-12(19(25)26-2)27-20-22-16-14-10-6-7-11-15(14)21-17(16)18(24)23(20)13-8-4-3-5-9-13/h3-12,21H,1-2H3. The number of methoxy groups -OCH3 is 1. The van der Waals surface area contributed by atoms with Crippen molar-refractivity contribution in [3.8, 4) is 5.69 Å². The first-order valence-corrected chi connectivity index (χ1v) is 9.31. The predicted octanol–water partition coefficient (Wildman–Crippen LogP) is 3.52. The predicted molar refractivity (Wildman–Crippen MR) is 107 cm³/mol. The van der Waals surface area contributed by atoms with E-state index in [4.69, 9.17) is 9.72 Å². The van der Waals surface area contributed by atoms with Crippen LogP contribution in [0.25, 0.3) is 27.6 Å². The summed E-state index contributed by atoms with van der Waals surface area (Å²) in [6.45, 7) is 1.73. The van der Waals surface area contributed by atoms with Gasteiger partial charge in [-0.05, 0) is 25.1 Å². The Kier molecular flexibility index (Phi) is 4.45. The highest BCUT2D eigenvalue weighted by atomic mass is 32.2. The number of ether oxygens (including phenoxy) is 1. The normalized spacial score (nSPS) is 12.4. The van der Waals surface area contributed by atoms with Crippen LogP contribution in [-0.4, -0.2) is 32.9 Å². The van der Waals surface area contributed by atoms with Gasteiger partial charge in [0.05, 0.1) is 12.8 Å². The fraction of sp³-hybridized carbons (Fsp3) is 0.150. The number of aromatic amines is 1. The Morgan fingerprint density at radius 2 is 1.85 bits per heavy atom. The van der Waals surface area contributed by atoms with Crippen LogP contribution in [0.4, 0.5) is 0 Å². The number of esters is 1. The number of nitrogens with one attached hydrogen (secondary N) is 1. The molecule has 2 aromatic carbocycles.